The molecule has 0 radical (unpaired) electrons. The van der Waals surface area contributed by atoms with Gasteiger partial charge in [0.1, 0.15) is 5.69 Å². The van der Waals surface area contributed by atoms with Crippen molar-refractivity contribution < 1.29 is 4.79 Å². The van der Waals surface area contributed by atoms with Crippen molar-refractivity contribution in [3.05, 3.63) is 24.0 Å². The number of anilines is 1. The number of piperidine rings is 1. The van der Waals surface area contributed by atoms with Crippen LogP contribution in [-0.4, -0.2) is 30.5 Å². The Kier molecular flexibility index (Phi) is 6.03. The van der Waals surface area contributed by atoms with Gasteiger partial charge in [0.05, 0.1) is 0 Å². The van der Waals surface area contributed by atoms with Crippen LogP contribution in [0.4, 0.5) is 5.69 Å². The molecule has 2 rings (SSSR count). The first-order valence-electron chi connectivity index (χ1n) is 8.20. The van der Waals surface area contributed by atoms with Crippen LogP contribution in [0.15, 0.2) is 18.3 Å². The van der Waals surface area contributed by atoms with Crippen molar-refractivity contribution in [3.8, 4) is 0 Å². The monoisotopic (exact) mass is 289 g/mol. The van der Waals surface area contributed by atoms with Gasteiger partial charge in [-0.05, 0) is 37.3 Å². The number of rotatable bonds is 6. The van der Waals surface area contributed by atoms with Crippen LogP contribution in [0.5, 0.6) is 0 Å². The van der Waals surface area contributed by atoms with Crippen molar-refractivity contribution in [1.29, 1.82) is 0 Å². The van der Waals surface area contributed by atoms with Crippen LogP contribution >= 0.6 is 0 Å². The number of hydrogen-bond donors (Lipinski definition) is 1. The predicted molar refractivity (Wildman–Crippen MR) is 86.7 cm³/mol. The fraction of sp³-hybridized carbons (Fsp3) is 0.647. The Morgan fingerprint density at radius 1 is 1.48 bits per heavy atom. The van der Waals surface area contributed by atoms with Gasteiger partial charge in [0.2, 0.25) is 0 Å². The summed E-state index contributed by atoms with van der Waals surface area (Å²) in [6.07, 6.45) is 7.62. The molecule has 1 fully saturated rings. The molecule has 4 heteroatoms. The molecular formula is C17H27N3O. The molecule has 1 amide bonds. The molecule has 21 heavy (non-hydrogen) atoms. The number of carbonyl (C=O) groups excluding carboxylic acids is 1. The van der Waals surface area contributed by atoms with Crippen LogP contribution in [-0.2, 0) is 0 Å². The van der Waals surface area contributed by atoms with E-state index in [-0.39, 0.29) is 5.91 Å². The fourth-order valence-corrected chi connectivity index (χ4v) is 2.83. The molecule has 1 aromatic rings. The molecule has 0 aliphatic carbocycles. The van der Waals surface area contributed by atoms with Crippen molar-refractivity contribution in [2.75, 3.05) is 24.5 Å². The van der Waals surface area contributed by atoms with Gasteiger partial charge in [-0.2, -0.15) is 0 Å². The molecule has 2 heterocycles. The second kappa shape index (κ2) is 8.01. The van der Waals surface area contributed by atoms with Crippen LogP contribution in [0, 0.1) is 5.92 Å². The third-order valence-corrected chi connectivity index (χ3v) is 4.06. The van der Waals surface area contributed by atoms with E-state index in [0.717, 1.165) is 50.5 Å². The van der Waals surface area contributed by atoms with Crippen molar-refractivity contribution in [3.63, 3.8) is 0 Å². The molecule has 4 nitrogen and oxygen atoms in total. The molecule has 0 bridgehead atoms. The first-order chi connectivity index (χ1) is 10.2. The molecule has 0 aromatic carbocycles. The lowest BCUT2D eigenvalue weighted by molar-refractivity contribution is 0.0948. The summed E-state index contributed by atoms with van der Waals surface area (Å²) >= 11 is 0. The topological polar surface area (TPSA) is 45.2 Å². The van der Waals surface area contributed by atoms with Crippen LogP contribution in [0.2, 0.25) is 0 Å². The largest absolute Gasteiger partial charge is 0.371 e. The third-order valence-electron chi connectivity index (χ3n) is 4.06. The second-order valence-corrected chi connectivity index (χ2v) is 6.06. The van der Waals surface area contributed by atoms with Gasteiger partial charge in [-0.25, -0.2) is 0 Å². The summed E-state index contributed by atoms with van der Waals surface area (Å²) in [5.41, 5.74) is 1.65. The average Bonchev–Trinajstić information content (AvgIpc) is 2.51. The molecule has 1 aliphatic heterocycles. The first kappa shape index (κ1) is 15.8. The predicted octanol–water partition coefficient (Wildman–Crippen LogP) is 3.24. The molecule has 1 atom stereocenters. The molecule has 0 saturated carbocycles. The normalized spacial score (nSPS) is 18.6. The quantitative estimate of drug-likeness (QED) is 0.818. The Bertz CT molecular complexity index is 461. The van der Waals surface area contributed by atoms with Gasteiger partial charge >= 0.3 is 0 Å². The highest BCUT2D eigenvalue weighted by Crippen LogP contribution is 2.22. The molecule has 1 unspecified atom stereocenters. The molecule has 1 N–H and O–H groups in total. The summed E-state index contributed by atoms with van der Waals surface area (Å²) < 4.78 is 0. The summed E-state index contributed by atoms with van der Waals surface area (Å²) in [6.45, 7) is 7.33. The van der Waals surface area contributed by atoms with E-state index in [2.05, 4.69) is 29.0 Å². The number of pyridine rings is 1. The summed E-state index contributed by atoms with van der Waals surface area (Å²) in [7, 11) is 0. The minimum atomic E-state index is -0.0574. The lowest BCUT2D eigenvalue weighted by Crippen LogP contribution is -2.34. The van der Waals surface area contributed by atoms with Crippen LogP contribution < -0.4 is 10.2 Å². The van der Waals surface area contributed by atoms with Crippen molar-refractivity contribution in [2.24, 2.45) is 5.92 Å². The van der Waals surface area contributed by atoms with Gasteiger partial charge in [0, 0.05) is 31.5 Å². The van der Waals surface area contributed by atoms with E-state index < -0.39 is 0 Å². The number of carbonyl (C=O) groups is 1. The maximum atomic E-state index is 12.1. The number of nitrogens with zero attached hydrogens (tertiary/aromatic N) is 2. The fourth-order valence-electron chi connectivity index (χ4n) is 2.83. The van der Waals surface area contributed by atoms with Crippen molar-refractivity contribution in [2.45, 2.75) is 46.0 Å². The van der Waals surface area contributed by atoms with E-state index in [1.165, 1.54) is 12.8 Å². The Morgan fingerprint density at radius 2 is 2.33 bits per heavy atom. The summed E-state index contributed by atoms with van der Waals surface area (Å²) in [4.78, 5) is 18.7. The van der Waals surface area contributed by atoms with E-state index in [4.69, 9.17) is 0 Å². The Morgan fingerprint density at radius 3 is 3.10 bits per heavy atom. The zero-order valence-electron chi connectivity index (χ0n) is 13.3. The first-order valence-corrected chi connectivity index (χ1v) is 8.20. The molecule has 1 saturated heterocycles. The van der Waals surface area contributed by atoms with Gasteiger partial charge in [-0.15, -0.1) is 0 Å². The third kappa shape index (κ3) is 4.73. The van der Waals surface area contributed by atoms with E-state index in [9.17, 15) is 4.79 Å². The van der Waals surface area contributed by atoms with Crippen LogP contribution in [0.3, 0.4) is 0 Å². The Balaban J connectivity index is 1.95. The maximum absolute atomic E-state index is 12.1. The highest BCUT2D eigenvalue weighted by atomic mass is 16.1. The zero-order chi connectivity index (χ0) is 15.1. The Hall–Kier alpha value is -1.58. The Labute approximate surface area is 127 Å². The average molecular weight is 289 g/mol. The molecule has 0 spiro atoms. The van der Waals surface area contributed by atoms with E-state index >= 15 is 0 Å². The van der Waals surface area contributed by atoms with E-state index in [0.29, 0.717) is 5.69 Å². The summed E-state index contributed by atoms with van der Waals surface area (Å²) in [6, 6.07) is 3.93. The zero-order valence-corrected chi connectivity index (χ0v) is 13.3. The molecule has 116 valence electrons. The van der Waals surface area contributed by atoms with E-state index in [1.807, 2.05) is 12.1 Å². The highest BCUT2D eigenvalue weighted by molar-refractivity contribution is 5.93. The minimum absolute atomic E-state index is 0.0574. The SMILES string of the molecule is CCCCCNC(=O)c1cc(N2CCCC(C)C2)ccn1. The number of amides is 1. The van der Waals surface area contributed by atoms with Gasteiger partial charge in [-0.3, -0.25) is 9.78 Å². The highest BCUT2D eigenvalue weighted by Gasteiger charge is 2.17. The van der Waals surface area contributed by atoms with Crippen LogP contribution in [0.25, 0.3) is 0 Å². The second-order valence-electron chi connectivity index (χ2n) is 6.06. The van der Waals surface area contributed by atoms with E-state index in [1.54, 1.807) is 6.20 Å². The smallest absolute Gasteiger partial charge is 0.269 e. The maximum Gasteiger partial charge on any atom is 0.269 e. The number of nitrogens with one attached hydrogen (secondary N) is 1. The van der Waals surface area contributed by atoms with Crippen molar-refractivity contribution >= 4 is 11.6 Å². The van der Waals surface area contributed by atoms with Gasteiger partial charge in [0.25, 0.3) is 5.91 Å². The number of unbranched alkanes of at least 4 members (excludes halogenated alkanes) is 2. The number of aromatic nitrogens is 1. The van der Waals surface area contributed by atoms with Crippen molar-refractivity contribution in [1.82, 2.24) is 10.3 Å². The lowest BCUT2D eigenvalue weighted by Gasteiger charge is -2.32. The standard InChI is InChI=1S/C17H27N3O/c1-3-4-5-9-19-17(21)16-12-15(8-10-18-16)20-11-6-7-14(2)13-20/h8,10,12,14H,3-7,9,11,13H2,1-2H3,(H,19,21). The molecular weight excluding hydrogens is 262 g/mol. The number of hydrogen-bond acceptors (Lipinski definition) is 3. The van der Waals surface area contributed by atoms with Gasteiger partial charge in [-0.1, -0.05) is 26.7 Å². The summed E-state index contributed by atoms with van der Waals surface area (Å²) in [5.74, 6) is 0.663. The molecule has 1 aromatic heterocycles. The van der Waals surface area contributed by atoms with Gasteiger partial charge in [0.15, 0.2) is 0 Å². The lowest BCUT2D eigenvalue weighted by atomic mass is 10.00. The summed E-state index contributed by atoms with van der Waals surface area (Å²) in [5, 5.41) is 2.95. The molecule has 1 aliphatic rings. The van der Waals surface area contributed by atoms with Gasteiger partial charge < -0.3 is 10.2 Å². The van der Waals surface area contributed by atoms with Crippen LogP contribution in [0.1, 0.15) is 56.4 Å². The minimum Gasteiger partial charge on any atom is -0.371 e.